The molecule has 0 radical (unpaired) electrons. The lowest BCUT2D eigenvalue weighted by Gasteiger charge is -2.18. The van der Waals surface area contributed by atoms with Crippen molar-refractivity contribution in [1.82, 2.24) is 0 Å². The molecule has 20 heavy (non-hydrogen) atoms. The zero-order valence-electron chi connectivity index (χ0n) is 11.1. The first-order valence-corrected chi connectivity index (χ1v) is 7.14. The molecule has 0 saturated carbocycles. The first kappa shape index (κ1) is 14.2. The van der Waals surface area contributed by atoms with Crippen molar-refractivity contribution < 1.29 is 4.79 Å². The monoisotopic (exact) mass is 282 g/mol. The Bertz CT molecular complexity index is 634. The van der Waals surface area contributed by atoms with Gasteiger partial charge in [0, 0.05) is 17.6 Å². The Hall–Kier alpha value is -2.25. The van der Waals surface area contributed by atoms with Gasteiger partial charge in [0.05, 0.1) is 17.4 Å². The molecule has 1 amide bonds. The quantitative estimate of drug-likeness (QED) is 0.805. The van der Waals surface area contributed by atoms with Gasteiger partial charge in [-0.3, -0.25) is 4.79 Å². The van der Waals surface area contributed by atoms with Crippen molar-refractivity contribution in [2.75, 3.05) is 17.7 Å². The summed E-state index contributed by atoms with van der Waals surface area (Å²) in [5.74, 6) is 0.261. The summed E-state index contributed by atoms with van der Waals surface area (Å²) >= 11 is 1.38. The molecular weight excluding hydrogens is 268 g/mol. The van der Waals surface area contributed by atoms with Gasteiger partial charge in [-0.2, -0.15) is 5.26 Å². The summed E-state index contributed by atoms with van der Waals surface area (Å²) in [7, 11) is 1.75. The average Bonchev–Trinajstić information content (AvgIpc) is 2.52. The molecule has 0 spiro atoms. The number of thioether (sulfide) groups is 1. The number of nitriles is 1. The Kier molecular flexibility index (Phi) is 4.80. The van der Waals surface area contributed by atoms with E-state index in [1.807, 2.05) is 48.5 Å². The van der Waals surface area contributed by atoms with Crippen LogP contribution in [0.3, 0.4) is 0 Å². The zero-order valence-corrected chi connectivity index (χ0v) is 11.9. The molecular formula is C16H14N2OS. The van der Waals surface area contributed by atoms with Gasteiger partial charge in [-0.05, 0) is 24.3 Å². The first-order valence-electron chi connectivity index (χ1n) is 6.16. The van der Waals surface area contributed by atoms with E-state index in [2.05, 4.69) is 6.07 Å². The summed E-state index contributed by atoms with van der Waals surface area (Å²) in [4.78, 5) is 15.0. The molecule has 2 aromatic rings. The van der Waals surface area contributed by atoms with Crippen molar-refractivity contribution in [3.05, 3.63) is 60.2 Å². The molecule has 0 fully saturated rings. The third kappa shape index (κ3) is 3.19. The van der Waals surface area contributed by atoms with Crippen molar-refractivity contribution in [3.63, 3.8) is 0 Å². The van der Waals surface area contributed by atoms with E-state index in [1.54, 1.807) is 18.0 Å². The number of anilines is 1. The van der Waals surface area contributed by atoms with E-state index in [1.165, 1.54) is 11.8 Å². The molecule has 0 aromatic heterocycles. The molecule has 0 atom stereocenters. The molecule has 0 aliphatic rings. The molecule has 0 heterocycles. The number of hydrogen-bond donors (Lipinski definition) is 0. The lowest BCUT2D eigenvalue weighted by atomic mass is 10.2. The fourth-order valence-electron chi connectivity index (χ4n) is 1.83. The summed E-state index contributed by atoms with van der Waals surface area (Å²) in [6.07, 6.45) is 0. The van der Waals surface area contributed by atoms with Crippen LogP contribution in [0.15, 0.2) is 59.5 Å². The Labute approximate surface area is 122 Å². The van der Waals surface area contributed by atoms with Gasteiger partial charge in [0.1, 0.15) is 0 Å². The number of carbonyl (C=O) groups excluding carboxylic acids is 1. The summed E-state index contributed by atoms with van der Waals surface area (Å²) in [6.45, 7) is 0. The summed E-state index contributed by atoms with van der Waals surface area (Å²) in [5, 5.41) is 8.68. The van der Waals surface area contributed by atoms with Crippen LogP contribution >= 0.6 is 11.8 Å². The third-order valence-electron chi connectivity index (χ3n) is 2.86. The zero-order chi connectivity index (χ0) is 14.4. The van der Waals surface area contributed by atoms with Gasteiger partial charge >= 0.3 is 0 Å². The van der Waals surface area contributed by atoms with Gasteiger partial charge in [-0.25, -0.2) is 0 Å². The topological polar surface area (TPSA) is 44.1 Å². The number of hydrogen-bond acceptors (Lipinski definition) is 3. The second kappa shape index (κ2) is 6.78. The Balaban J connectivity index is 2.27. The fourth-order valence-corrected chi connectivity index (χ4v) is 2.53. The highest BCUT2D eigenvalue weighted by Gasteiger charge is 2.16. The van der Waals surface area contributed by atoms with E-state index >= 15 is 0 Å². The molecule has 0 saturated heterocycles. The average molecular weight is 282 g/mol. The number of rotatable bonds is 4. The second-order valence-corrected chi connectivity index (χ2v) is 5.16. The summed E-state index contributed by atoms with van der Waals surface area (Å²) in [6, 6.07) is 18.9. The summed E-state index contributed by atoms with van der Waals surface area (Å²) in [5.41, 5.74) is 1.47. The Morgan fingerprint density at radius 3 is 2.50 bits per heavy atom. The number of benzene rings is 2. The number of nitrogens with zero attached hydrogens (tertiary/aromatic N) is 2. The predicted octanol–water partition coefficient (Wildman–Crippen LogP) is 3.58. The molecule has 0 bridgehead atoms. The SMILES string of the molecule is CN(C(=O)c1ccccc1SCC#N)c1ccccc1. The molecule has 0 aliphatic carbocycles. The second-order valence-electron chi connectivity index (χ2n) is 4.14. The van der Waals surface area contributed by atoms with Gasteiger partial charge in [0.2, 0.25) is 0 Å². The molecule has 0 aliphatic heterocycles. The fraction of sp³-hybridized carbons (Fsp3) is 0.125. The summed E-state index contributed by atoms with van der Waals surface area (Å²) < 4.78 is 0. The van der Waals surface area contributed by atoms with Gasteiger partial charge in [-0.15, -0.1) is 11.8 Å². The number of carbonyl (C=O) groups is 1. The largest absolute Gasteiger partial charge is 0.311 e. The molecule has 3 nitrogen and oxygen atoms in total. The van der Waals surface area contributed by atoms with Gasteiger partial charge < -0.3 is 4.90 Å². The molecule has 2 rings (SSSR count). The van der Waals surface area contributed by atoms with Crippen LogP contribution in [-0.4, -0.2) is 18.7 Å². The first-order chi connectivity index (χ1) is 9.74. The van der Waals surface area contributed by atoms with Crippen molar-refractivity contribution in [3.8, 4) is 6.07 Å². The molecule has 2 aromatic carbocycles. The standard InChI is InChI=1S/C16H14N2OS/c1-18(13-7-3-2-4-8-13)16(19)14-9-5-6-10-15(14)20-12-11-17/h2-10H,12H2,1H3. The van der Waals surface area contributed by atoms with Gasteiger partial charge in [-0.1, -0.05) is 30.3 Å². The van der Waals surface area contributed by atoms with Crippen LogP contribution in [0.2, 0.25) is 0 Å². The highest BCUT2D eigenvalue weighted by Crippen LogP contribution is 2.24. The van der Waals surface area contributed by atoms with E-state index in [-0.39, 0.29) is 5.91 Å². The maximum absolute atomic E-state index is 12.6. The minimum absolute atomic E-state index is 0.0720. The highest BCUT2D eigenvalue weighted by molar-refractivity contribution is 7.99. The van der Waals surface area contributed by atoms with E-state index in [0.717, 1.165) is 10.6 Å². The lowest BCUT2D eigenvalue weighted by Crippen LogP contribution is -2.26. The van der Waals surface area contributed by atoms with E-state index in [9.17, 15) is 4.79 Å². The van der Waals surface area contributed by atoms with Crippen molar-refractivity contribution in [1.29, 1.82) is 5.26 Å². The smallest absolute Gasteiger partial charge is 0.259 e. The highest BCUT2D eigenvalue weighted by atomic mass is 32.2. The number of para-hydroxylation sites is 1. The van der Waals surface area contributed by atoms with Crippen LogP contribution < -0.4 is 4.90 Å². The molecule has 100 valence electrons. The van der Waals surface area contributed by atoms with E-state index in [4.69, 9.17) is 5.26 Å². The van der Waals surface area contributed by atoms with Gasteiger partial charge in [0.25, 0.3) is 5.91 Å². The Morgan fingerprint density at radius 2 is 1.80 bits per heavy atom. The lowest BCUT2D eigenvalue weighted by molar-refractivity contribution is 0.0990. The van der Waals surface area contributed by atoms with Crippen LogP contribution in [0.1, 0.15) is 10.4 Å². The van der Waals surface area contributed by atoms with Gasteiger partial charge in [0.15, 0.2) is 0 Å². The number of amides is 1. The predicted molar refractivity (Wildman–Crippen MR) is 82.0 cm³/mol. The van der Waals surface area contributed by atoms with E-state index in [0.29, 0.717) is 11.3 Å². The van der Waals surface area contributed by atoms with Crippen LogP contribution in [0.25, 0.3) is 0 Å². The molecule has 0 N–H and O–H groups in total. The normalized spacial score (nSPS) is 9.80. The minimum atomic E-state index is -0.0720. The van der Waals surface area contributed by atoms with E-state index < -0.39 is 0 Å². The molecule has 4 heteroatoms. The Morgan fingerprint density at radius 1 is 1.15 bits per heavy atom. The molecule has 0 unspecified atom stereocenters. The maximum atomic E-state index is 12.6. The van der Waals surface area contributed by atoms with Crippen LogP contribution in [-0.2, 0) is 0 Å². The maximum Gasteiger partial charge on any atom is 0.259 e. The van der Waals surface area contributed by atoms with Crippen molar-refractivity contribution in [2.45, 2.75) is 4.90 Å². The van der Waals surface area contributed by atoms with Crippen LogP contribution in [0.5, 0.6) is 0 Å². The van der Waals surface area contributed by atoms with Crippen molar-refractivity contribution in [2.24, 2.45) is 0 Å². The van der Waals surface area contributed by atoms with Crippen LogP contribution in [0, 0.1) is 11.3 Å². The van der Waals surface area contributed by atoms with Crippen LogP contribution in [0.4, 0.5) is 5.69 Å². The minimum Gasteiger partial charge on any atom is -0.311 e. The van der Waals surface area contributed by atoms with Crippen molar-refractivity contribution >= 4 is 23.4 Å². The third-order valence-corrected chi connectivity index (χ3v) is 3.80.